The number of rotatable bonds is 9. The molecule has 27 heavy (non-hydrogen) atoms. The normalized spacial score (nSPS) is 11.6. The molecule has 0 heterocycles. The molecule has 0 saturated heterocycles. The lowest BCUT2D eigenvalue weighted by molar-refractivity contribution is -0.137. The fraction of sp³-hybridized carbons (Fsp3) is 0.235. The van der Waals surface area contributed by atoms with E-state index < -0.39 is 22.5 Å². The van der Waals surface area contributed by atoms with Crippen molar-refractivity contribution in [3.05, 3.63) is 57.5 Å². The minimum atomic E-state index is -3.97. The van der Waals surface area contributed by atoms with Crippen LogP contribution >= 0.6 is 34.8 Å². The number of ether oxygens (including phenoxy) is 1. The Balaban J connectivity index is 2.02. The van der Waals surface area contributed by atoms with Gasteiger partial charge in [-0.1, -0.05) is 34.8 Å². The molecule has 0 bridgehead atoms. The van der Waals surface area contributed by atoms with Crippen molar-refractivity contribution >= 4 is 50.8 Å². The average molecular weight is 453 g/mol. The molecule has 2 aromatic rings. The van der Waals surface area contributed by atoms with Gasteiger partial charge >= 0.3 is 5.97 Å². The quantitative estimate of drug-likeness (QED) is 0.577. The molecule has 0 aliphatic rings. The van der Waals surface area contributed by atoms with Crippen LogP contribution in [-0.4, -0.2) is 43.5 Å². The van der Waals surface area contributed by atoms with E-state index in [2.05, 4.69) is 0 Å². The molecule has 0 aromatic heterocycles. The third-order valence-corrected chi connectivity index (χ3v) is 6.33. The molecule has 10 heteroatoms. The maximum absolute atomic E-state index is 12.7. The van der Waals surface area contributed by atoms with Gasteiger partial charge in [0.05, 0.1) is 21.5 Å². The fourth-order valence-electron chi connectivity index (χ4n) is 2.19. The van der Waals surface area contributed by atoms with Crippen LogP contribution in [0.25, 0.3) is 0 Å². The number of aliphatic carboxylic acids is 1. The van der Waals surface area contributed by atoms with Crippen LogP contribution in [0.4, 0.5) is 0 Å². The van der Waals surface area contributed by atoms with E-state index >= 15 is 0 Å². The van der Waals surface area contributed by atoms with Crippen LogP contribution in [-0.2, 0) is 14.8 Å². The van der Waals surface area contributed by atoms with Crippen LogP contribution in [0.5, 0.6) is 5.75 Å². The van der Waals surface area contributed by atoms with Gasteiger partial charge in [-0.3, -0.25) is 4.79 Å². The average Bonchev–Trinajstić information content (AvgIpc) is 2.60. The first-order valence-electron chi connectivity index (χ1n) is 7.75. The molecule has 0 radical (unpaired) electrons. The molecule has 2 rings (SSSR count). The first-order valence-corrected chi connectivity index (χ1v) is 10.3. The number of nitrogens with zero attached hydrogens (tertiary/aromatic N) is 1. The Morgan fingerprint density at radius 3 is 2.30 bits per heavy atom. The van der Waals surface area contributed by atoms with Gasteiger partial charge in [0.1, 0.15) is 12.3 Å². The van der Waals surface area contributed by atoms with Crippen LogP contribution in [0.2, 0.25) is 15.1 Å². The van der Waals surface area contributed by atoms with Crippen LogP contribution in [0.1, 0.15) is 6.42 Å². The smallest absolute Gasteiger partial charge is 0.318 e. The molecule has 0 unspecified atom stereocenters. The summed E-state index contributed by atoms with van der Waals surface area (Å²) >= 11 is 17.5. The highest BCUT2D eigenvalue weighted by Gasteiger charge is 2.26. The van der Waals surface area contributed by atoms with Crippen LogP contribution in [0, 0.1) is 0 Å². The third kappa shape index (κ3) is 6.26. The molecule has 0 saturated carbocycles. The van der Waals surface area contributed by atoms with Gasteiger partial charge in [0.25, 0.3) is 0 Å². The fourth-order valence-corrected chi connectivity index (χ4v) is 4.03. The van der Waals surface area contributed by atoms with Gasteiger partial charge < -0.3 is 9.84 Å². The Bertz CT molecular complexity index is 903. The van der Waals surface area contributed by atoms with E-state index in [4.69, 9.17) is 44.6 Å². The number of benzene rings is 2. The van der Waals surface area contributed by atoms with Crippen LogP contribution < -0.4 is 4.74 Å². The maximum atomic E-state index is 12.7. The van der Waals surface area contributed by atoms with E-state index in [0.29, 0.717) is 20.8 Å². The lowest BCUT2D eigenvalue weighted by atomic mass is 10.3. The first kappa shape index (κ1) is 21.8. The lowest BCUT2D eigenvalue weighted by Crippen LogP contribution is -2.37. The van der Waals surface area contributed by atoms with Crippen molar-refractivity contribution in [3.8, 4) is 5.75 Å². The molecule has 0 spiro atoms. The minimum absolute atomic E-state index is 0.0291. The number of sulfonamides is 1. The van der Waals surface area contributed by atoms with Gasteiger partial charge in [0.2, 0.25) is 10.0 Å². The number of hydrogen-bond donors (Lipinski definition) is 1. The van der Waals surface area contributed by atoms with E-state index in [1.54, 1.807) is 18.2 Å². The summed E-state index contributed by atoms with van der Waals surface area (Å²) in [6.07, 6.45) is 0.278. The van der Waals surface area contributed by atoms with Gasteiger partial charge in [-0.2, -0.15) is 4.31 Å². The summed E-state index contributed by atoms with van der Waals surface area (Å²) in [6, 6.07) is 10.3. The molecule has 0 aliphatic heterocycles. The van der Waals surface area contributed by atoms with E-state index in [9.17, 15) is 13.2 Å². The van der Waals surface area contributed by atoms with Gasteiger partial charge in [-0.05, 0) is 42.8 Å². The Kier molecular flexibility index (Phi) is 7.76. The zero-order valence-electron chi connectivity index (χ0n) is 13.9. The molecule has 0 amide bonds. The number of carboxylic acid groups (broad SMARTS) is 1. The van der Waals surface area contributed by atoms with E-state index in [1.807, 2.05) is 0 Å². The van der Waals surface area contributed by atoms with Crippen LogP contribution in [0.3, 0.4) is 0 Å². The SMILES string of the molecule is O=C(O)CN(CCCOc1ccc(Cl)c(Cl)c1)S(=O)(=O)c1ccc(Cl)cc1. The summed E-state index contributed by atoms with van der Waals surface area (Å²) in [4.78, 5) is 11.1. The molecule has 2 aromatic carbocycles. The Hall–Kier alpha value is -1.51. The highest BCUT2D eigenvalue weighted by Crippen LogP contribution is 2.26. The summed E-state index contributed by atoms with van der Waals surface area (Å²) in [5, 5.41) is 10.2. The number of halogens is 3. The monoisotopic (exact) mass is 451 g/mol. The van der Waals surface area contributed by atoms with Gasteiger partial charge in [0, 0.05) is 17.6 Å². The highest BCUT2D eigenvalue weighted by molar-refractivity contribution is 7.89. The second-order valence-electron chi connectivity index (χ2n) is 5.46. The van der Waals surface area contributed by atoms with Crippen molar-refractivity contribution in [1.29, 1.82) is 0 Å². The van der Waals surface area contributed by atoms with Crippen molar-refractivity contribution in [2.45, 2.75) is 11.3 Å². The molecule has 0 fully saturated rings. The summed E-state index contributed by atoms with van der Waals surface area (Å²) in [5.41, 5.74) is 0. The summed E-state index contributed by atoms with van der Waals surface area (Å²) in [7, 11) is -3.97. The summed E-state index contributed by atoms with van der Waals surface area (Å²) < 4.78 is 31.7. The van der Waals surface area contributed by atoms with E-state index in [0.717, 1.165) is 4.31 Å². The third-order valence-electron chi connectivity index (χ3n) is 3.47. The molecule has 0 atom stereocenters. The van der Waals surface area contributed by atoms with Crippen molar-refractivity contribution in [1.82, 2.24) is 4.31 Å². The lowest BCUT2D eigenvalue weighted by Gasteiger charge is -2.20. The number of carbonyl (C=O) groups is 1. The zero-order chi connectivity index (χ0) is 20.0. The summed E-state index contributed by atoms with van der Waals surface area (Å²) in [6.45, 7) is -0.513. The number of hydrogen-bond acceptors (Lipinski definition) is 4. The summed E-state index contributed by atoms with van der Waals surface area (Å²) in [5.74, 6) is -0.771. The minimum Gasteiger partial charge on any atom is -0.493 e. The topological polar surface area (TPSA) is 83.9 Å². The van der Waals surface area contributed by atoms with Crippen molar-refractivity contribution < 1.29 is 23.1 Å². The second-order valence-corrected chi connectivity index (χ2v) is 8.65. The van der Waals surface area contributed by atoms with Gasteiger partial charge in [-0.25, -0.2) is 8.42 Å². The Morgan fingerprint density at radius 2 is 1.70 bits per heavy atom. The Labute approximate surface area is 172 Å². The Morgan fingerprint density at radius 1 is 1.04 bits per heavy atom. The molecule has 0 aliphatic carbocycles. The van der Waals surface area contributed by atoms with E-state index in [1.165, 1.54) is 24.3 Å². The standard InChI is InChI=1S/C17H16Cl3NO5S/c18-12-2-5-14(6-3-12)27(24,25)21(11-17(22)23)8-1-9-26-13-4-7-15(19)16(20)10-13/h2-7,10H,1,8-9,11H2,(H,22,23). The van der Waals surface area contributed by atoms with Crippen molar-refractivity contribution in [3.63, 3.8) is 0 Å². The van der Waals surface area contributed by atoms with Gasteiger partial charge in [-0.15, -0.1) is 0 Å². The first-order chi connectivity index (χ1) is 12.7. The maximum Gasteiger partial charge on any atom is 0.318 e. The number of carboxylic acids is 1. The van der Waals surface area contributed by atoms with E-state index in [-0.39, 0.29) is 24.5 Å². The molecule has 1 N–H and O–H groups in total. The molecular weight excluding hydrogens is 437 g/mol. The molecular formula is C17H16Cl3NO5S. The van der Waals surface area contributed by atoms with Crippen LogP contribution in [0.15, 0.2) is 47.4 Å². The highest BCUT2D eigenvalue weighted by atomic mass is 35.5. The predicted octanol–water partition coefficient (Wildman–Crippen LogP) is 4.19. The molecule has 146 valence electrons. The van der Waals surface area contributed by atoms with Crippen molar-refractivity contribution in [2.24, 2.45) is 0 Å². The predicted molar refractivity (Wildman–Crippen MR) is 104 cm³/mol. The van der Waals surface area contributed by atoms with Gasteiger partial charge in [0.15, 0.2) is 0 Å². The molecule has 6 nitrogen and oxygen atoms in total. The zero-order valence-corrected chi connectivity index (χ0v) is 17.0. The van der Waals surface area contributed by atoms with Crippen molar-refractivity contribution in [2.75, 3.05) is 19.7 Å². The largest absolute Gasteiger partial charge is 0.493 e. The second kappa shape index (κ2) is 9.61.